The van der Waals surface area contributed by atoms with E-state index in [0.29, 0.717) is 92.4 Å². The number of ether oxygens (including phenoxy) is 7. The molecule has 0 aliphatic carbocycles. The summed E-state index contributed by atoms with van der Waals surface area (Å²) in [5.41, 5.74) is 0. The number of rotatable bonds is 27. The molecule has 0 aliphatic heterocycles. The maximum atomic E-state index is 10.7. The molecule has 0 aromatic carbocycles. The van der Waals surface area contributed by atoms with Gasteiger partial charge in [-0.3, -0.25) is 8.98 Å². The van der Waals surface area contributed by atoms with Crippen LogP contribution in [0.3, 0.4) is 0 Å². The van der Waals surface area contributed by atoms with Crippen molar-refractivity contribution in [2.75, 3.05) is 112 Å². The first kappa shape index (κ1) is 33.1. The van der Waals surface area contributed by atoms with Crippen molar-refractivity contribution in [3.05, 3.63) is 0 Å². The summed E-state index contributed by atoms with van der Waals surface area (Å²) >= 11 is 0. The van der Waals surface area contributed by atoms with Crippen molar-refractivity contribution in [2.24, 2.45) is 0 Å². The molecule has 0 spiro atoms. The Morgan fingerprint density at radius 1 is 0.559 bits per heavy atom. The van der Waals surface area contributed by atoms with Crippen LogP contribution in [0.25, 0.3) is 0 Å². The monoisotopic (exact) mass is 517 g/mol. The largest absolute Gasteiger partial charge is 0.379 e. The Morgan fingerprint density at radius 2 is 0.882 bits per heavy atom. The Kier molecular flexibility index (Phi) is 24.5. The summed E-state index contributed by atoms with van der Waals surface area (Å²) in [4.78, 5) is 10.7. The highest BCUT2D eigenvalue weighted by Gasteiger charge is 2.00. The Labute approximate surface area is 203 Å². The highest BCUT2D eigenvalue weighted by Crippen LogP contribution is 1.90. The molecule has 0 aromatic rings. The quantitative estimate of drug-likeness (QED) is 0.116. The molecule has 34 heavy (non-hydrogen) atoms. The van der Waals surface area contributed by atoms with Gasteiger partial charge in [0.05, 0.1) is 98.8 Å². The average molecular weight is 518 g/mol. The zero-order valence-corrected chi connectivity index (χ0v) is 21.4. The summed E-state index contributed by atoms with van der Waals surface area (Å²) in [7, 11) is -3.42. The highest BCUT2D eigenvalue weighted by atomic mass is 32.2. The van der Waals surface area contributed by atoms with Gasteiger partial charge in [0.2, 0.25) is 5.91 Å². The smallest absolute Gasteiger partial charge is 0.264 e. The van der Waals surface area contributed by atoms with E-state index in [2.05, 4.69) is 9.50 Å². The van der Waals surface area contributed by atoms with Crippen LogP contribution in [-0.2, 0) is 52.3 Å². The molecule has 0 aliphatic rings. The van der Waals surface area contributed by atoms with E-state index in [1.165, 1.54) is 6.92 Å². The van der Waals surface area contributed by atoms with Crippen molar-refractivity contribution in [1.82, 2.24) is 5.32 Å². The third-order valence-electron chi connectivity index (χ3n) is 3.85. The minimum Gasteiger partial charge on any atom is -0.379 e. The number of amides is 1. The van der Waals surface area contributed by atoms with Gasteiger partial charge >= 0.3 is 0 Å². The van der Waals surface area contributed by atoms with Crippen LogP contribution in [0.15, 0.2) is 0 Å². The number of carbonyl (C=O) groups is 1. The maximum absolute atomic E-state index is 10.7. The first-order valence-corrected chi connectivity index (χ1v) is 13.4. The number of unbranched alkanes of at least 4 members (excludes halogenated alkanes) is 1. The molecule has 0 saturated heterocycles. The average Bonchev–Trinajstić information content (AvgIpc) is 2.77. The van der Waals surface area contributed by atoms with Crippen LogP contribution in [0.2, 0.25) is 0 Å². The van der Waals surface area contributed by atoms with Gasteiger partial charge in [-0.1, -0.05) is 0 Å². The van der Waals surface area contributed by atoms with Gasteiger partial charge in [-0.15, -0.1) is 0 Å². The first-order valence-electron chi connectivity index (χ1n) is 11.5. The lowest BCUT2D eigenvalue weighted by Crippen LogP contribution is -2.21. The normalized spacial score (nSPS) is 11.7. The topological polar surface area (TPSA) is 137 Å². The van der Waals surface area contributed by atoms with Gasteiger partial charge in [-0.05, 0) is 12.8 Å². The molecule has 0 fully saturated rings. The Morgan fingerprint density at radius 3 is 1.21 bits per heavy atom. The molecular formula is C21H43NO11S. The summed E-state index contributed by atoms with van der Waals surface area (Å²) in [5, 5.41) is 2.74. The van der Waals surface area contributed by atoms with E-state index in [1.54, 1.807) is 0 Å². The number of carbonyl (C=O) groups excluding carboxylic acids is 1. The van der Waals surface area contributed by atoms with Crippen LogP contribution in [0, 0.1) is 0 Å². The first-order chi connectivity index (χ1) is 16.4. The molecule has 0 aromatic heterocycles. The van der Waals surface area contributed by atoms with Crippen molar-refractivity contribution in [1.29, 1.82) is 0 Å². The van der Waals surface area contributed by atoms with Crippen LogP contribution >= 0.6 is 0 Å². The van der Waals surface area contributed by atoms with Gasteiger partial charge < -0.3 is 38.5 Å². The van der Waals surface area contributed by atoms with E-state index in [4.69, 9.17) is 33.2 Å². The lowest BCUT2D eigenvalue weighted by molar-refractivity contribution is -0.118. The Balaban J connectivity index is 3.06. The summed E-state index contributed by atoms with van der Waals surface area (Å²) in [5.74, 6) is -0.00558. The van der Waals surface area contributed by atoms with Gasteiger partial charge in [0.15, 0.2) is 0 Å². The SMILES string of the molecule is CC(=O)NCCCCOCCOCCOCCOCCOCCOCCOCCOS(C)(=O)=O. The van der Waals surface area contributed by atoms with E-state index in [-0.39, 0.29) is 19.1 Å². The van der Waals surface area contributed by atoms with Gasteiger partial charge in [0.25, 0.3) is 10.1 Å². The van der Waals surface area contributed by atoms with Crippen LogP contribution in [0.1, 0.15) is 19.8 Å². The molecule has 0 atom stereocenters. The van der Waals surface area contributed by atoms with E-state index in [1.807, 2.05) is 0 Å². The van der Waals surface area contributed by atoms with E-state index < -0.39 is 10.1 Å². The van der Waals surface area contributed by atoms with Gasteiger partial charge in [-0.2, -0.15) is 8.42 Å². The van der Waals surface area contributed by atoms with E-state index in [9.17, 15) is 13.2 Å². The molecule has 0 heterocycles. The zero-order chi connectivity index (χ0) is 25.2. The Bertz CT molecular complexity index is 549. The number of hydrogen-bond acceptors (Lipinski definition) is 11. The van der Waals surface area contributed by atoms with Crippen molar-refractivity contribution in [3.63, 3.8) is 0 Å². The van der Waals surface area contributed by atoms with Crippen LogP contribution in [-0.4, -0.2) is 126 Å². The Hall–Kier alpha value is -0.900. The van der Waals surface area contributed by atoms with Crippen molar-refractivity contribution >= 4 is 16.0 Å². The highest BCUT2D eigenvalue weighted by molar-refractivity contribution is 7.85. The molecule has 204 valence electrons. The maximum Gasteiger partial charge on any atom is 0.264 e. The lowest BCUT2D eigenvalue weighted by Gasteiger charge is -2.08. The number of nitrogens with one attached hydrogen (secondary N) is 1. The molecule has 0 radical (unpaired) electrons. The third kappa shape index (κ3) is 31.1. The van der Waals surface area contributed by atoms with Gasteiger partial charge in [-0.25, -0.2) is 0 Å². The van der Waals surface area contributed by atoms with Crippen LogP contribution in [0.5, 0.6) is 0 Å². The summed E-state index contributed by atoms with van der Waals surface area (Å²) in [6, 6.07) is 0. The second kappa shape index (κ2) is 25.2. The molecule has 0 bridgehead atoms. The third-order valence-corrected chi connectivity index (χ3v) is 4.44. The predicted octanol–water partition coefficient (Wildman–Crippen LogP) is -0.00490. The fourth-order valence-corrected chi connectivity index (χ4v) is 2.63. The van der Waals surface area contributed by atoms with E-state index in [0.717, 1.165) is 19.1 Å². The second-order valence-electron chi connectivity index (χ2n) is 7.00. The van der Waals surface area contributed by atoms with Crippen molar-refractivity contribution in [2.45, 2.75) is 19.8 Å². The predicted molar refractivity (Wildman–Crippen MR) is 124 cm³/mol. The standard InChI is InChI=1S/C21H43NO11S/c1-21(23)22-5-3-4-6-26-7-8-27-9-10-28-11-12-29-13-14-30-15-16-31-17-18-32-19-20-33-34(2,24)25/h3-20H2,1-2H3,(H,22,23). The van der Waals surface area contributed by atoms with Crippen molar-refractivity contribution in [3.8, 4) is 0 Å². The van der Waals surface area contributed by atoms with Gasteiger partial charge in [0, 0.05) is 20.1 Å². The summed E-state index contributed by atoms with van der Waals surface area (Å²) in [6.45, 7) is 8.72. The molecule has 13 heteroatoms. The molecule has 0 unspecified atom stereocenters. The number of hydrogen-bond donors (Lipinski definition) is 1. The summed E-state index contributed by atoms with van der Waals surface area (Å²) < 4.78 is 63.5. The fraction of sp³-hybridized carbons (Fsp3) is 0.952. The van der Waals surface area contributed by atoms with E-state index >= 15 is 0 Å². The van der Waals surface area contributed by atoms with Gasteiger partial charge in [0.1, 0.15) is 0 Å². The van der Waals surface area contributed by atoms with Crippen LogP contribution in [0.4, 0.5) is 0 Å². The molecule has 12 nitrogen and oxygen atoms in total. The minimum atomic E-state index is -3.42. The fourth-order valence-electron chi connectivity index (χ4n) is 2.26. The molecule has 1 amide bonds. The summed E-state index contributed by atoms with van der Waals surface area (Å²) in [6.07, 6.45) is 2.81. The lowest BCUT2D eigenvalue weighted by atomic mass is 10.3. The molecule has 0 saturated carbocycles. The van der Waals surface area contributed by atoms with Crippen molar-refractivity contribution < 1.29 is 50.6 Å². The van der Waals surface area contributed by atoms with Crippen LogP contribution < -0.4 is 5.32 Å². The second-order valence-corrected chi connectivity index (χ2v) is 8.65. The zero-order valence-electron chi connectivity index (χ0n) is 20.6. The minimum absolute atomic E-state index is 0.000749. The molecule has 0 rings (SSSR count). The molecular weight excluding hydrogens is 474 g/mol. The molecule has 1 N–H and O–H groups in total.